The van der Waals surface area contributed by atoms with Crippen LogP contribution in [0.5, 0.6) is 0 Å². The van der Waals surface area contributed by atoms with E-state index in [2.05, 4.69) is 12.2 Å². The third kappa shape index (κ3) is 2.94. The number of nitrogens with one attached hydrogen (secondary N) is 1. The van der Waals surface area contributed by atoms with Crippen molar-refractivity contribution >= 4 is 0 Å². The second-order valence-corrected chi connectivity index (χ2v) is 5.46. The van der Waals surface area contributed by atoms with E-state index in [4.69, 9.17) is 0 Å². The number of hydrogen-bond acceptors (Lipinski definition) is 2. The largest absolute Gasteiger partial charge is 0.392 e. The van der Waals surface area contributed by atoms with Crippen LogP contribution >= 0.6 is 0 Å². The molecular formula is C13H25NO. The molecule has 2 fully saturated rings. The van der Waals surface area contributed by atoms with Crippen LogP contribution in [-0.2, 0) is 0 Å². The average molecular weight is 211 g/mol. The highest BCUT2D eigenvalue weighted by Gasteiger charge is 2.28. The first-order chi connectivity index (χ1) is 7.27. The molecular weight excluding hydrogens is 186 g/mol. The van der Waals surface area contributed by atoms with E-state index in [0.29, 0.717) is 12.1 Å². The van der Waals surface area contributed by atoms with Crippen molar-refractivity contribution in [3.05, 3.63) is 0 Å². The topological polar surface area (TPSA) is 32.3 Å². The van der Waals surface area contributed by atoms with Crippen molar-refractivity contribution in [3.63, 3.8) is 0 Å². The molecule has 0 saturated heterocycles. The number of hydrogen-bond donors (Lipinski definition) is 2. The summed E-state index contributed by atoms with van der Waals surface area (Å²) >= 11 is 0. The number of aliphatic hydroxyl groups is 1. The van der Waals surface area contributed by atoms with E-state index >= 15 is 0 Å². The molecule has 2 aliphatic rings. The molecule has 2 nitrogen and oxygen atoms in total. The summed E-state index contributed by atoms with van der Waals surface area (Å²) in [7, 11) is 0. The van der Waals surface area contributed by atoms with Gasteiger partial charge in [0.2, 0.25) is 0 Å². The van der Waals surface area contributed by atoms with Gasteiger partial charge < -0.3 is 10.4 Å². The minimum absolute atomic E-state index is 0.0948. The van der Waals surface area contributed by atoms with Crippen LogP contribution in [0.1, 0.15) is 58.3 Å². The molecule has 0 bridgehead atoms. The fraction of sp³-hybridized carbons (Fsp3) is 1.00. The molecule has 15 heavy (non-hydrogen) atoms. The standard InChI is InChI=1S/C13H25NO/c1-10(11-6-2-3-7-11)14-12-8-4-5-9-13(12)15/h10-15H,2-9H2,1H3. The smallest absolute Gasteiger partial charge is 0.0693 e. The first-order valence-electron chi connectivity index (χ1n) is 6.71. The molecule has 0 heterocycles. The van der Waals surface area contributed by atoms with Gasteiger partial charge >= 0.3 is 0 Å². The molecule has 2 heteroatoms. The van der Waals surface area contributed by atoms with Gasteiger partial charge in [0, 0.05) is 12.1 Å². The molecule has 0 amide bonds. The Morgan fingerprint density at radius 1 is 1.00 bits per heavy atom. The van der Waals surface area contributed by atoms with Crippen molar-refractivity contribution in [1.82, 2.24) is 5.32 Å². The maximum Gasteiger partial charge on any atom is 0.0693 e. The predicted octanol–water partition coefficient (Wildman–Crippen LogP) is 2.46. The van der Waals surface area contributed by atoms with Gasteiger partial charge in [0.1, 0.15) is 0 Å². The van der Waals surface area contributed by atoms with E-state index in [-0.39, 0.29) is 6.10 Å². The normalized spacial score (nSPS) is 35.6. The van der Waals surface area contributed by atoms with Crippen LogP contribution in [0.25, 0.3) is 0 Å². The SMILES string of the molecule is CC(NC1CCCCC1O)C1CCCC1. The molecule has 2 N–H and O–H groups in total. The van der Waals surface area contributed by atoms with Crippen LogP contribution in [0.3, 0.4) is 0 Å². The molecule has 2 saturated carbocycles. The molecule has 3 atom stereocenters. The van der Waals surface area contributed by atoms with Crippen molar-refractivity contribution in [2.24, 2.45) is 5.92 Å². The predicted molar refractivity (Wildman–Crippen MR) is 62.8 cm³/mol. The fourth-order valence-electron chi connectivity index (χ4n) is 3.24. The van der Waals surface area contributed by atoms with Gasteiger partial charge in [0.25, 0.3) is 0 Å². The molecule has 0 aromatic rings. The zero-order chi connectivity index (χ0) is 10.7. The first kappa shape index (κ1) is 11.4. The highest BCUT2D eigenvalue weighted by atomic mass is 16.3. The highest BCUT2D eigenvalue weighted by molar-refractivity contribution is 4.86. The summed E-state index contributed by atoms with van der Waals surface area (Å²) in [6, 6.07) is 0.972. The Bertz CT molecular complexity index is 189. The van der Waals surface area contributed by atoms with Gasteiger partial charge in [-0.25, -0.2) is 0 Å². The summed E-state index contributed by atoms with van der Waals surface area (Å²) in [4.78, 5) is 0. The molecule has 0 aliphatic heterocycles. The van der Waals surface area contributed by atoms with E-state index in [1.807, 2.05) is 0 Å². The van der Waals surface area contributed by atoms with Crippen LogP contribution in [0.15, 0.2) is 0 Å². The highest BCUT2D eigenvalue weighted by Crippen LogP contribution is 2.28. The lowest BCUT2D eigenvalue weighted by atomic mass is 9.90. The van der Waals surface area contributed by atoms with Gasteiger partial charge in [-0.2, -0.15) is 0 Å². The number of aliphatic hydroxyl groups excluding tert-OH is 1. The lowest BCUT2D eigenvalue weighted by Crippen LogP contribution is -2.48. The van der Waals surface area contributed by atoms with Crippen LogP contribution < -0.4 is 5.32 Å². The second-order valence-electron chi connectivity index (χ2n) is 5.46. The Labute approximate surface area is 93.5 Å². The number of rotatable bonds is 3. The molecule has 0 aromatic heterocycles. The van der Waals surface area contributed by atoms with Gasteiger partial charge in [0.05, 0.1) is 6.10 Å². The van der Waals surface area contributed by atoms with Crippen molar-refractivity contribution < 1.29 is 5.11 Å². The zero-order valence-corrected chi connectivity index (χ0v) is 9.91. The molecule has 3 unspecified atom stereocenters. The van der Waals surface area contributed by atoms with Crippen LogP contribution in [-0.4, -0.2) is 23.3 Å². The lowest BCUT2D eigenvalue weighted by molar-refractivity contribution is 0.0814. The van der Waals surface area contributed by atoms with Crippen molar-refractivity contribution in [2.45, 2.75) is 76.5 Å². The van der Waals surface area contributed by atoms with E-state index in [1.165, 1.54) is 38.5 Å². The Hall–Kier alpha value is -0.0800. The quantitative estimate of drug-likeness (QED) is 0.751. The summed E-state index contributed by atoms with van der Waals surface area (Å²) in [6.45, 7) is 2.30. The maximum atomic E-state index is 9.90. The van der Waals surface area contributed by atoms with E-state index in [9.17, 15) is 5.11 Å². The molecule has 0 radical (unpaired) electrons. The van der Waals surface area contributed by atoms with E-state index in [1.54, 1.807) is 0 Å². The maximum absolute atomic E-state index is 9.90. The molecule has 2 rings (SSSR count). The van der Waals surface area contributed by atoms with Gasteiger partial charge in [-0.05, 0) is 38.5 Å². The minimum Gasteiger partial charge on any atom is -0.392 e. The van der Waals surface area contributed by atoms with Gasteiger partial charge in [0.15, 0.2) is 0 Å². The van der Waals surface area contributed by atoms with E-state index in [0.717, 1.165) is 18.8 Å². The Morgan fingerprint density at radius 3 is 2.27 bits per heavy atom. The Morgan fingerprint density at radius 2 is 1.60 bits per heavy atom. The summed E-state index contributed by atoms with van der Waals surface area (Å²) < 4.78 is 0. The summed E-state index contributed by atoms with van der Waals surface area (Å²) in [5.74, 6) is 0.860. The zero-order valence-electron chi connectivity index (χ0n) is 9.91. The van der Waals surface area contributed by atoms with Gasteiger partial charge in [-0.15, -0.1) is 0 Å². The van der Waals surface area contributed by atoms with E-state index < -0.39 is 0 Å². The second kappa shape index (κ2) is 5.31. The Balaban J connectivity index is 1.78. The Kier molecular flexibility index (Phi) is 4.04. The average Bonchev–Trinajstić information content (AvgIpc) is 2.74. The monoisotopic (exact) mass is 211 g/mol. The molecule has 0 aromatic carbocycles. The van der Waals surface area contributed by atoms with Gasteiger partial charge in [-0.1, -0.05) is 25.7 Å². The third-order valence-electron chi connectivity index (χ3n) is 4.31. The summed E-state index contributed by atoms with van der Waals surface area (Å²) in [5, 5.41) is 13.6. The molecule has 88 valence electrons. The van der Waals surface area contributed by atoms with Crippen molar-refractivity contribution in [1.29, 1.82) is 0 Å². The van der Waals surface area contributed by atoms with Crippen molar-refractivity contribution in [2.75, 3.05) is 0 Å². The summed E-state index contributed by atoms with van der Waals surface area (Å²) in [6.07, 6.45) is 10.1. The van der Waals surface area contributed by atoms with Crippen LogP contribution in [0, 0.1) is 5.92 Å². The first-order valence-corrected chi connectivity index (χ1v) is 6.71. The van der Waals surface area contributed by atoms with Gasteiger partial charge in [-0.3, -0.25) is 0 Å². The molecule has 2 aliphatic carbocycles. The third-order valence-corrected chi connectivity index (χ3v) is 4.31. The van der Waals surface area contributed by atoms with Crippen molar-refractivity contribution in [3.8, 4) is 0 Å². The molecule has 0 spiro atoms. The van der Waals surface area contributed by atoms with Crippen LogP contribution in [0.4, 0.5) is 0 Å². The fourth-order valence-corrected chi connectivity index (χ4v) is 3.24. The van der Waals surface area contributed by atoms with Crippen LogP contribution in [0.2, 0.25) is 0 Å². The summed E-state index contributed by atoms with van der Waals surface area (Å²) in [5.41, 5.74) is 0. The minimum atomic E-state index is -0.0948. The lowest BCUT2D eigenvalue weighted by Gasteiger charge is -2.33.